The molecule has 0 spiro atoms. The maximum Gasteiger partial charge on any atom is -0.0809 e. The average Bonchev–Trinajstić information content (AvgIpc) is 3.30. The molecule has 0 fully saturated rings. The van der Waals surface area contributed by atoms with Crippen LogP contribution in [-0.2, 0) is 24.2 Å². The largest absolute Gasteiger partial charge is 0.273 e. The van der Waals surface area contributed by atoms with E-state index >= 15 is 0 Å². The summed E-state index contributed by atoms with van der Waals surface area (Å²) in [5.74, 6) is 0. The third-order valence-corrected chi connectivity index (χ3v) is 4.05. The van der Waals surface area contributed by atoms with E-state index in [1.54, 1.807) is 0 Å². The van der Waals surface area contributed by atoms with Gasteiger partial charge in [0.1, 0.15) is 0 Å². The van der Waals surface area contributed by atoms with Gasteiger partial charge in [-0.1, -0.05) is 6.07 Å². The maximum absolute atomic E-state index is 2.99. The van der Waals surface area contributed by atoms with Crippen molar-refractivity contribution in [3.8, 4) is 0 Å². The minimum absolute atomic E-state index is 1.01. The monoisotopic (exact) mass is 374 g/mol. The van der Waals surface area contributed by atoms with Crippen LogP contribution >= 0.6 is 0 Å². The van der Waals surface area contributed by atoms with E-state index in [1.807, 2.05) is 18.2 Å². The second-order valence-corrected chi connectivity index (χ2v) is 6.99. The van der Waals surface area contributed by atoms with Crippen molar-refractivity contribution in [1.82, 2.24) is 0 Å². The molecule has 0 aromatic heterocycles. The summed E-state index contributed by atoms with van der Waals surface area (Å²) in [5, 5.41) is 2.66. The van der Waals surface area contributed by atoms with Crippen LogP contribution in [0.1, 0.15) is 18.9 Å². The van der Waals surface area contributed by atoms with E-state index in [9.17, 15) is 0 Å². The fourth-order valence-corrected chi connectivity index (χ4v) is 2.51. The fraction of sp³-hybridized carbons (Fsp3) is 0.0909. The zero-order chi connectivity index (χ0) is 16.3. The van der Waals surface area contributed by atoms with Gasteiger partial charge in [-0.25, -0.2) is 12.2 Å². The van der Waals surface area contributed by atoms with Gasteiger partial charge >= 0.3 is 70.3 Å². The summed E-state index contributed by atoms with van der Waals surface area (Å²) in [6, 6.07) is 25.1. The Bertz CT molecular complexity index is 736. The second kappa shape index (κ2) is 10.1. The summed E-state index contributed by atoms with van der Waals surface area (Å²) in [6.45, 7) is 2.16. The van der Waals surface area contributed by atoms with Crippen molar-refractivity contribution in [2.24, 2.45) is 0 Å². The van der Waals surface area contributed by atoms with Crippen molar-refractivity contribution in [3.63, 3.8) is 0 Å². The molecule has 4 rings (SSSR count). The van der Waals surface area contributed by atoms with Crippen LogP contribution < -0.4 is 0 Å². The van der Waals surface area contributed by atoms with Gasteiger partial charge in [-0.2, -0.15) is 23.6 Å². The third kappa shape index (κ3) is 6.51. The van der Waals surface area contributed by atoms with E-state index in [4.69, 9.17) is 0 Å². The third-order valence-electron chi connectivity index (χ3n) is 3.34. The molecular formula is C22H20Zr. The Kier molecular flexibility index (Phi) is 7.77. The molecular weight excluding hydrogens is 355 g/mol. The molecule has 0 nitrogen and oxygen atoms in total. The first-order valence-electron chi connectivity index (χ1n) is 7.70. The first kappa shape index (κ1) is 17.6. The van der Waals surface area contributed by atoms with Gasteiger partial charge in [0.05, 0.1) is 0 Å². The number of hydrogen-bond donors (Lipinski definition) is 0. The Morgan fingerprint density at radius 1 is 1.00 bits per heavy atom. The maximum atomic E-state index is 2.99. The van der Waals surface area contributed by atoms with E-state index in [1.165, 1.54) is 43.8 Å². The number of allylic oxidation sites excluding steroid dienone is 4. The predicted molar refractivity (Wildman–Crippen MR) is 97.3 cm³/mol. The van der Waals surface area contributed by atoms with Crippen molar-refractivity contribution in [3.05, 3.63) is 103 Å². The molecule has 0 aliphatic heterocycles. The van der Waals surface area contributed by atoms with Crippen LogP contribution in [-0.4, -0.2) is 3.21 Å². The summed E-state index contributed by atoms with van der Waals surface area (Å²) in [7, 11) is 0. The number of hydrogen-bond acceptors (Lipinski definition) is 0. The molecule has 23 heavy (non-hydrogen) atoms. The zero-order valence-corrected chi connectivity index (χ0v) is 15.8. The van der Waals surface area contributed by atoms with Gasteiger partial charge < -0.3 is 0 Å². The van der Waals surface area contributed by atoms with Crippen molar-refractivity contribution >= 4 is 14.0 Å². The average molecular weight is 376 g/mol. The number of rotatable bonds is 1. The molecule has 0 radical (unpaired) electrons. The number of benzene rings is 2. The molecule has 0 bridgehead atoms. The molecule has 0 heterocycles. The Labute approximate surface area is 153 Å². The van der Waals surface area contributed by atoms with E-state index < -0.39 is 0 Å². The predicted octanol–water partition coefficient (Wildman–Crippen LogP) is 5.64. The number of fused-ring (bicyclic) bond motifs is 1. The summed E-state index contributed by atoms with van der Waals surface area (Å²) >= 11 is 1.51. The molecule has 0 amide bonds. The van der Waals surface area contributed by atoms with Gasteiger partial charge in [-0.3, -0.25) is 6.08 Å². The smallest absolute Gasteiger partial charge is 0.0809 e. The molecule has 0 saturated carbocycles. The molecule has 1 aliphatic carbocycles. The van der Waals surface area contributed by atoms with E-state index in [0.29, 0.717) is 0 Å². The van der Waals surface area contributed by atoms with Gasteiger partial charge in [0.2, 0.25) is 0 Å². The van der Waals surface area contributed by atoms with Gasteiger partial charge in [0.25, 0.3) is 0 Å². The standard InChI is InChI=1S/C9H7.C8H8.C5H5.Zr/c1-2-5-9-7-3-6-8(9)4-1;1-2-8-6-4-3-5-7-8;1-2-4-5-3-1;/h1-7H;3-7H,1H3;1-3H,4H2;/q-1;;-1;+2. The first-order chi connectivity index (χ1) is 11.3. The van der Waals surface area contributed by atoms with Gasteiger partial charge in [0.15, 0.2) is 0 Å². The van der Waals surface area contributed by atoms with Crippen LogP contribution in [0.2, 0.25) is 0 Å². The molecule has 1 aliphatic rings. The first-order valence-corrected chi connectivity index (χ1v) is 8.93. The van der Waals surface area contributed by atoms with Gasteiger partial charge in [-0.15, -0.1) is 36.1 Å². The molecule has 0 atom stereocenters. The SMILES string of the molecule is C[C](=[Zr+2])c1ccccc1.[C-]1=CC=CC1.c1ccc2[cH-]ccc2c1. The van der Waals surface area contributed by atoms with Gasteiger partial charge in [-0.05, 0) is 0 Å². The molecule has 1 heteroatoms. The van der Waals surface area contributed by atoms with Crippen molar-refractivity contribution in [1.29, 1.82) is 0 Å². The Morgan fingerprint density at radius 3 is 2.26 bits per heavy atom. The minimum Gasteiger partial charge on any atom is -0.273 e. The van der Waals surface area contributed by atoms with Crippen LogP contribution in [0, 0.1) is 6.08 Å². The van der Waals surface area contributed by atoms with Crippen molar-refractivity contribution in [2.45, 2.75) is 13.3 Å². The molecule has 3 aromatic rings. The van der Waals surface area contributed by atoms with Crippen LogP contribution in [0.15, 0.2) is 91.0 Å². The Morgan fingerprint density at radius 2 is 1.74 bits per heavy atom. The van der Waals surface area contributed by atoms with Crippen LogP contribution in [0.25, 0.3) is 10.8 Å². The van der Waals surface area contributed by atoms with Crippen LogP contribution in [0.5, 0.6) is 0 Å². The quantitative estimate of drug-likeness (QED) is 0.483. The molecule has 0 saturated heterocycles. The summed E-state index contributed by atoms with van der Waals surface area (Å²) in [4.78, 5) is 0. The van der Waals surface area contributed by atoms with Crippen LogP contribution in [0.4, 0.5) is 0 Å². The minimum atomic E-state index is 1.01. The van der Waals surface area contributed by atoms with Crippen LogP contribution in [0.3, 0.4) is 0 Å². The summed E-state index contributed by atoms with van der Waals surface area (Å²) in [6.07, 6.45) is 10.0. The second-order valence-electron chi connectivity index (χ2n) is 5.15. The molecule has 0 N–H and O–H groups in total. The van der Waals surface area contributed by atoms with E-state index in [2.05, 4.69) is 85.8 Å². The fourth-order valence-electron chi connectivity index (χ4n) is 2.10. The normalized spacial score (nSPS) is 11.4. The molecule has 3 aromatic carbocycles. The molecule has 112 valence electrons. The topological polar surface area (TPSA) is 0 Å². The van der Waals surface area contributed by atoms with E-state index in [-0.39, 0.29) is 0 Å². The van der Waals surface area contributed by atoms with Crippen molar-refractivity contribution < 1.29 is 24.2 Å². The Hall–Kier alpha value is -1.72. The Balaban J connectivity index is 0.000000131. The summed E-state index contributed by atoms with van der Waals surface area (Å²) < 4.78 is 1.46. The summed E-state index contributed by atoms with van der Waals surface area (Å²) in [5.41, 5.74) is 1.37. The van der Waals surface area contributed by atoms with E-state index in [0.717, 1.165) is 6.42 Å². The van der Waals surface area contributed by atoms with Crippen molar-refractivity contribution in [2.75, 3.05) is 0 Å². The zero-order valence-electron chi connectivity index (χ0n) is 13.4. The van der Waals surface area contributed by atoms with Gasteiger partial charge in [0, 0.05) is 0 Å². The molecule has 0 unspecified atom stereocenters.